The van der Waals surface area contributed by atoms with Crippen LogP contribution in [0.1, 0.15) is 19.3 Å². The minimum Gasteiger partial charge on any atom is -0.497 e. The molecule has 1 aromatic carbocycles. The van der Waals surface area contributed by atoms with E-state index in [2.05, 4.69) is 0 Å². The number of anilines is 1. The van der Waals surface area contributed by atoms with Crippen LogP contribution < -0.4 is 14.4 Å². The molecule has 0 bridgehead atoms. The van der Waals surface area contributed by atoms with Crippen LogP contribution in [0.2, 0.25) is 0 Å². The normalized spacial score (nSPS) is 21.9. The van der Waals surface area contributed by atoms with Crippen LogP contribution in [0.25, 0.3) is 0 Å². The lowest BCUT2D eigenvalue weighted by atomic mass is 9.96. The first-order chi connectivity index (χ1) is 12.5. The van der Waals surface area contributed by atoms with Crippen molar-refractivity contribution in [3.63, 3.8) is 0 Å². The lowest BCUT2D eigenvalue weighted by Crippen LogP contribution is -2.46. The minimum atomic E-state index is -0.804. The van der Waals surface area contributed by atoms with Gasteiger partial charge in [-0.15, -0.1) is 0 Å². The van der Waals surface area contributed by atoms with Crippen molar-refractivity contribution in [1.82, 2.24) is 4.90 Å². The Hall–Kier alpha value is -2.61. The van der Waals surface area contributed by atoms with Gasteiger partial charge in [0.2, 0.25) is 5.91 Å². The molecule has 0 radical (unpaired) electrons. The maximum absolute atomic E-state index is 12.9. The summed E-state index contributed by atoms with van der Waals surface area (Å²) in [5.74, 6) is -0.860. The van der Waals surface area contributed by atoms with Crippen LogP contribution in [0.5, 0.6) is 11.5 Å². The summed E-state index contributed by atoms with van der Waals surface area (Å²) in [6.45, 7) is 0.980. The van der Waals surface area contributed by atoms with Crippen molar-refractivity contribution in [2.75, 3.05) is 32.2 Å². The third kappa shape index (κ3) is 3.24. The van der Waals surface area contributed by atoms with E-state index in [1.807, 2.05) is 4.90 Å². The average molecular weight is 362 g/mol. The zero-order valence-electron chi connectivity index (χ0n) is 14.8. The topological polar surface area (TPSA) is 96.4 Å². The Morgan fingerprint density at radius 1 is 1.15 bits per heavy atom. The van der Waals surface area contributed by atoms with Gasteiger partial charge >= 0.3 is 5.97 Å². The molecule has 3 rings (SSSR count). The first kappa shape index (κ1) is 18.2. The van der Waals surface area contributed by atoms with E-state index in [0.717, 1.165) is 4.90 Å². The molecular formula is C18H22N2O6. The van der Waals surface area contributed by atoms with Gasteiger partial charge in [0.05, 0.1) is 38.3 Å². The molecular weight excluding hydrogens is 340 g/mol. The number of hydrogen-bond acceptors (Lipinski definition) is 6. The number of carboxylic acids is 1. The Labute approximate surface area is 151 Å². The lowest BCUT2D eigenvalue weighted by Gasteiger charge is -2.33. The average Bonchev–Trinajstić information content (AvgIpc) is 2.95. The summed E-state index contributed by atoms with van der Waals surface area (Å²) < 4.78 is 10.5. The molecule has 0 aliphatic carbocycles. The molecule has 0 unspecified atom stereocenters. The molecule has 2 aliphatic rings. The standard InChI is InChI=1S/C18H22N2O6/c1-25-12-3-4-15(26-2)13(9-12)20-16(21)10-14(17(20)22)19-7-5-11(6-8-19)18(23)24/h3-4,9,11,14H,5-8,10H2,1-2H3,(H,23,24)/t14-/m0/s1. The van der Waals surface area contributed by atoms with Crippen LogP contribution in [0, 0.1) is 5.92 Å². The predicted octanol–water partition coefficient (Wildman–Crippen LogP) is 1.13. The molecule has 8 heteroatoms. The summed E-state index contributed by atoms with van der Waals surface area (Å²) in [6, 6.07) is 4.39. The highest BCUT2D eigenvalue weighted by atomic mass is 16.5. The van der Waals surface area contributed by atoms with Gasteiger partial charge in [0.1, 0.15) is 11.5 Å². The summed E-state index contributed by atoms with van der Waals surface area (Å²) in [5, 5.41) is 9.11. The van der Waals surface area contributed by atoms with Crippen LogP contribution in [-0.2, 0) is 14.4 Å². The van der Waals surface area contributed by atoms with E-state index in [1.54, 1.807) is 18.2 Å². The Morgan fingerprint density at radius 2 is 1.85 bits per heavy atom. The van der Waals surface area contributed by atoms with E-state index in [4.69, 9.17) is 14.6 Å². The Kier molecular flexibility index (Phi) is 5.13. The third-order valence-electron chi connectivity index (χ3n) is 5.07. The number of likely N-dealkylation sites (tertiary alicyclic amines) is 1. The molecule has 26 heavy (non-hydrogen) atoms. The smallest absolute Gasteiger partial charge is 0.306 e. The van der Waals surface area contributed by atoms with Crippen LogP contribution in [0.3, 0.4) is 0 Å². The SMILES string of the molecule is COc1ccc(OC)c(N2C(=O)C[C@H](N3CCC(C(=O)O)CC3)C2=O)c1. The third-order valence-corrected chi connectivity index (χ3v) is 5.07. The van der Waals surface area contributed by atoms with Crippen LogP contribution >= 0.6 is 0 Å². The number of ether oxygens (including phenoxy) is 2. The molecule has 0 saturated carbocycles. The first-order valence-corrected chi connectivity index (χ1v) is 8.52. The molecule has 1 atom stereocenters. The highest BCUT2D eigenvalue weighted by molar-refractivity contribution is 6.23. The van der Waals surface area contributed by atoms with Crippen molar-refractivity contribution in [2.45, 2.75) is 25.3 Å². The number of aliphatic carboxylic acids is 1. The Balaban J connectivity index is 1.81. The maximum Gasteiger partial charge on any atom is 0.306 e. The fourth-order valence-corrected chi connectivity index (χ4v) is 3.58. The second-order valence-electron chi connectivity index (χ2n) is 6.47. The number of nitrogens with zero attached hydrogens (tertiary/aromatic N) is 2. The number of amides is 2. The number of piperidine rings is 1. The van der Waals surface area contributed by atoms with E-state index < -0.39 is 12.0 Å². The molecule has 2 aliphatic heterocycles. The minimum absolute atomic E-state index is 0.0803. The van der Waals surface area contributed by atoms with E-state index in [-0.39, 0.29) is 24.2 Å². The van der Waals surface area contributed by atoms with E-state index >= 15 is 0 Å². The van der Waals surface area contributed by atoms with Gasteiger partial charge in [-0.05, 0) is 38.1 Å². The molecule has 8 nitrogen and oxygen atoms in total. The van der Waals surface area contributed by atoms with Gasteiger partial charge in [0.15, 0.2) is 0 Å². The van der Waals surface area contributed by atoms with E-state index in [1.165, 1.54) is 14.2 Å². The van der Waals surface area contributed by atoms with Crippen molar-refractivity contribution in [3.8, 4) is 11.5 Å². The van der Waals surface area contributed by atoms with Crippen molar-refractivity contribution < 1.29 is 29.0 Å². The highest BCUT2D eigenvalue weighted by Gasteiger charge is 2.44. The Bertz CT molecular complexity index is 726. The van der Waals surface area contributed by atoms with Crippen molar-refractivity contribution in [2.24, 2.45) is 5.92 Å². The molecule has 2 amide bonds. The number of carboxylic acid groups (broad SMARTS) is 1. The summed E-state index contributed by atoms with van der Waals surface area (Å²) in [5.41, 5.74) is 0.366. The summed E-state index contributed by atoms with van der Waals surface area (Å²) in [7, 11) is 2.99. The monoisotopic (exact) mass is 362 g/mol. The summed E-state index contributed by atoms with van der Waals surface area (Å²) >= 11 is 0. The number of imide groups is 1. The largest absolute Gasteiger partial charge is 0.497 e. The highest BCUT2D eigenvalue weighted by Crippen LogP contribution is 2.36. The summed E-state index contributed by atoms with van der Waals surface area (Å²) in [4.78, 5) is 39.7. The van der Waals surface area contributed by atoms with Crippen LogP contribution in [-0.4, -0.2) is 61.1 Å². The van der Waals surface area contributed by atoms with Crippen molar-refractivity contribution in [1.29, 1.82) is 0 Å². The molecule has 0 spiro atoms. The fraction of sp³-hybridized carbons (Fsp3) is 0.500. The molecule has 1 aromatic rings. The van der Waals surface area contributed by atoms with Gasteiger partial charge in [-0.1, -0.05) is 0 Å². The number of carbonyl (C=O) groups excluding carboxylic acids is 2. The Morgan fingerprint density at radius 3 is 2.42 bits per heavy atom. The van der Waals surface area contributed by atoms with Crippen molar-refractivity contribution in [3.05, 3.63) is 18.2 Å². The zero-order valence-corrected chi connectivity index (χ0v) is 14.8. The summed E-state index contributed by atoms with van der Waals surface area (Å²) in [6.07, 6.45) is 1.04. The number of rotatable bonds is 5. The number of methoxy groups -OCH3 is 2. The number of carbonyl (C=O) groups is 3. The molecule has 2 heterocycles. The van der Waals surface area contributed by atoms with Gasteiger partial charge < -0.3 is 14.6 Å². The second-order valence-corrected chi connectivity index (χ2v) is 6.47. The quantitative estimate of drug-likeness (QED) is 0.785. The van der Waals surface area contributed by atoms with Crippen LogP contribution in [0.4, 0.5) is 5.69 Å². The molecule has 2 fully saturated rings. The van der Waals surface area contributed by atoms with Gasteiger partial charge in [0.25, 0.3) is 5.91 Å². The number of benzene rings is 1. The molecule has 1 N–H and O–H groups in total. The molecule has 2 saturated heterocycles. The lowest BCUT2D eigenvalue weighted by molar-refractivity contribution is -0.143. The van der Waals surface area contributed by atoms with Crippen LogP contribution in [0.15, 0.2) is 18.2 Å². The van der Waals surface area contributed by atoms with Gasteiger partial charge in [-0.2, -0.15) is 0 Å². The van der Waals surface area contributed by atoms with Gasteiger partial charge in [-0.3, -0.25) is 19.3 Å². The zero-order chi connectivity index (χ0) is 18.8. The maximum atomic E-state index is 12.9. The molecule has 140 valence electrons. The van der Waals surface area contributed by atoms with Gasteiger partial charge in [0, 0.05) is 6.07 Å². The first-order valence-electron chi connectivity index (χ1n) is 8.52. The number of hydrogen-bond donors (Lipinski definition) is 1. The molecule has 0 aromatic heterocycles. The van der Waals surface area contributed by atoms with E-state index in [9.17, 15) is 14.4 Å². The van der Waals surface area contributed by atoms with E-state index in [0.29, 0.717) is 43.1 Å². The predicted molar refractivity (Wildman–Crippen MR) is 92.4 cm³/mol. The second kappa shape index (κ2) is 7.33. The van der Waals surface area contributed by atoms with Crippen molar-refractivity contribution >= 4 is 23.5 Å². The fourth-order valence-electron chi connectivity index (χ4n) is 3.58. The van der Waals surface area contributed by atoms with Gasteiger partial charge in [-0.25, -0.2) is 4.90 Å².